The molecule has 2 aromatic heterocycles. The second kappa shape index (κ2) is 4.91. The molecule has 0 fully saturated rings. The Morgan fingerprint density at radius 1 is 1.26 bits per heavy atom. The van der Waals surface area contributed by atoms with E-state index < -0.39 is 0 Å². The van der Waals surface area contributed by atoms with Crippen molar-refractivity contribution in [3.8, 4) is 16.4 Å². The molecule has 0 radical (unpaired) electrons. The number of nitrogens with zero attached hydrogens (tertiary/aromatic N) is 4. The normalized spacial score (nSPS) is 10.8. The molecule has 3 aromatic rings. The Morgan fingerprint density at radius 3 is 2.74 bits per heavy atom. The molecule has 19 heavy (non-hydrogen) atoms. The van der Waals surface area contributed by atoms with Crippen molar-refractivity contribution in [2.45, 2.75) is 13.5 Å². The highest BCUT2D eigenvalue weighted by atomic mass is 32.1. The first-order chi connectivity index (χ1) is 9.29. The number of aromatic nitrogens is 4. The van der Waals surface area contributed by atoms with Gasteiger partial charge in [0.1, 0.15) is 0 Å². The first-order valence-electron chi connectivity index (χ1n) is 5.92. The lowest BCUT2D eigenvalue weighted by atomic mass is 10.2. The van der Waals surface area contributed by atoms with E-state index in [9.17, 15) is 0 Å². The van der Waals surface area contributed by atoms with Crippen molar-refractivity contribution >= 4 is 11.3 Å². The Labute approximate surface area is 114 Å². The lowest BCUT2D eigenvalue weighted by Crippen LogP contribution is -2.01. The summed E-state index contributed by atoms with van der Waals surface area (Å²) in [5.74, 6) is 0. The lowest BCUT2D eigenvalue weighted by Gasteiger charge is -1.98. The molecule has 0 aliphatic heterocycles. The van der Waals surface area contributed by atoms with Gasteiger partial charge in [-0.25, -0.2) is 4.98 Å². The minimum Gasteiger partial charge on any atom is -0.325 e. The third-order valence-electron chi connectivity index (χ3n) is 2.93. The van der Waals surface area contributed by atoms with E-state index in [0.29, 0.717) is 6.54 Å². The number of nitrogens with two attached hydrogens (primary N) is 1. The summed E-state index contributed by atoms with van der Waals surface area (Å²) in [5.41, 5.74) is 9.40. The highest BCUT2D eigenvalue weighted by Crippen LogP contribution is 2.24. The zero-order chi connectivity index (χ0) is 13.2. The molecule has 0 bridgehead atoms. The Balaban J connectivity index is 1.99. The van der Waals surface area contributed by atoms with Gasteiger partial charge in [-0.2, -0.15) is 4.68 Å². The predicted octanol–water partition coefficient (Wildman–Crippen LogP) is 2.16. The van der Waals surface area contributed by atoms with Crippen LogP contribution in [0.4, 0.5) is 0 Å². The number of benzene rings is 1. The van der Waals surface area contributed by atoms with E-state index in [1.807, 2.05) is 42.6 Å². The molecular weight excluding hydrogens is 258 g/mol. The Bertz CT molecular complexity index is 686. The topological polar surface area (TPSA) is 69.6 Å². The van der Waals surface area contributed by atoms with Crippen molar-refractivity contribution in [1.29, 1.82) is 0 Å². The van der Waals surface area contributed by atoms with Crippen molar-refractivity contribution in [3.05, 3.63) is 47.1 Å². The van der Waals surface area contributed by atoms with Crippen molar-refractivity contribution in [2.24, 2.45) is 5.73 Å². The zero-order valence-electron chi connectivity index (χ0n) is 10.4. The molecule has 6 heteroatoms. The van der Waals surface area contributed by atoms with Crippen LogP contribution in [0.5, 0.6) is 0 Å². The Kier molecular flexibility index (Phi) is 3.10. The zero-order valence-corrected chi connectivity index (χ0v) is 11.3. The minimum atomic E-state index is 0.392. The molecule has 0 unspecified atom stereocenters. The third kappa shape index (κ3) is 2.16. The number of hydrogen-bond acceptors (Lipinski definition) is 5. The molecule has 1 aromatic carbocycles. The van der Waals surface area contributed by atoms with Crippen LogP contribution in [0, 0.1) is 6.92 Å². The molecule has 0 aliphatic carbocycles. The molecule has 2 heterocycles. The van der Waals surface area contributed by atoms with E-state index in [0.717, 1.165) is 27.8 Å². The standard InChI is InChI=1S/C13H13N5S/c1-9-11(7-14)16-17-18(9)13-15-12(8-19-13)10-5-3-2-4-6-10/h2-6,8H,7,14H2,1H3. The minimum absolute atomic E-state index is 0.392. The van der Waals surface area contributed by atoms with Gasteiger partial charge >= 0.3 is 0 Å². The summed E-state index contributed by atoms with van der Waals surface area (Å²) >= 11 is 1.54. The molecule has 0 atom stereocenters. The van der Waals surface area contributed by atoms with E-state index in [4.69, 9.17) is 5.73 Å². The monoisotopic (exact) mass is 271 g/mol. The average Bonchev–Trinajstić information content (AvgIpc) is 3.06. The van der Waals surface area contributed by atoms with Gasteiger partial charge in [-0.1, -0.05) is 35.5 Å². The van der Waals surface area contributed by atoms with Crippen LogP contribution in [0.15, 0.2) is 35.7 Å². The van der Waals surface area contributed by atoms with Crippen molar-refractivity contribution in [2.75, 3.05) is 0 Å². The smallest absolute Gasteiger partial charge is 0.212 e. The van der Waals surface area contributed by atoms with Gasteiger partial charge in [-0.05, 0) is 6.92 Å². The fourth-order valence-corrected chi connectivity index (χ4v) is 2.66. The number of rotatable bonds is 3. The van der Waals surface area contributed by atoms with Crippen molar-refractivity contribution < 1.29 is 0 Å². The molecule has 0 saturated heterocycles. The van der Waals surface area contributed by atoms with Crippen LogP contribution >= 0.6 is 11.3 Å². The molecule has 5 nitrogen and oxygen atoms in total. The summed E-state index contributed by atoms with van der Waals surface area (Å²) in [6, 6.07) is 10.1. The van der Waals surface area contributed by atoms with E-state index in [2.05, 4.69) is 15.3 Å². The summed E-state index contributed by atoms with van der Waals surface area (Å²) in [6.45, 7) is 2.34. The molecular formula is C13H13N5S. The quantitative estimate of drug-likeness (QED) is 0.792. The van der Waals surface area contributed by atoms with Crippen LogP contribution in [-0.2, 0) is 6.54 Å². The number of hydrogen-bond donors (Lipinski definition) is 1. The van der Waals surface area contributed by atoms with Crippen LogP contribution in [0.2, 0.25) is 0 Å². The first-order valence-corrected chi connectivity index (χ1v) is 6.80. The van der Waals surface area contributed by atoms with Crippen LogP contribution < -0.4 is 5.73 Å². The molecule has 0 amide bonds. The fraction of sp³-hybridized carbons (Fsp3) is 0.154. The van der Waals surface area contributed by atoms with Crippen LogP contribution in [0.1, 0.15) is 11.4 Å². The van der Waals surface area contributed by atoms with Crippen LogP contribution in [0.25, 0.3) is 16.4 Å². The summed E-state index contributed by atoms with van der Waals surface area (Å²) in [7, 11) is 0. The van der Waals surface area contributed by atoms with Gasteiger partial charge in [0.05, 0.1) is 17.1 Å². The maximum absolute atomic E-state index is 5.61. The maximum atomic E-state index is 5.61. The van der Waals surface area contributed by atoms with Crippen LogP contribution in [-0.4, -0.2) is 20.0 Å². The second-order valence-corrected chi connectivity index (χ2v) is 4.96. The number of thiazole rings is 1. The molecule has 0 spiro atoms. The summed E-state index contributed by atoms with van der Waals surface area (Å²) in [6.07, 6.45) is 0. The van der Waals surface area contributed by atoms with E-state index in [-0.39, 0.29) is 0 Å². The molecule has 0 aliphatic rings. The maximum Gasteiger partial charge on any atom is 0.212 e. The van der Waals surface area contributed by atoms with Gasteiger partial charge in [0.2, 0.25) is 5.13 Å². The Hall–Kier alpha value is -2.05. The SMILES string of the molecule is Cc1c(CN)nnn1-c1nc(-c2ccccc2)cs1. The Morgan fingerprint density at radius 2 is 2.05 bits per heavy atom. The highest BCUT2D eigenvalue weighted by molar-refractivity contribution is 7.12. The van der Waals surface area contributed by atoms with Crippen molar-refractivity contribution in [3.63, 3.8) is 0 Å². The summed E-state index contributed by atoms with van der Waals surface area (Å²) in [5, 5.41) is 11.0. The van der Waals surface area contributed by atoms with Gasteiger partial charge in [0.25, 0.3) is 0 Å². The first kappa shape index (κ1) is 12.0. The van der Waals surface area contributed by atoms with E-state index in [1.54, 1.807) is 16.0 Å². The van der Waals surface area contributed by atoms with Gasteiger partial charge in [-0.3, -0.25) is 0 Å². The second-order valence-electron chi connectivity index (χ2n) is 4.12. The highest BCUT2D eigenvalue weighted by Gasteiger charge is 2.12. The van der Waals surface area contributed by atoms with Crippen LogP contribution in [0.3, 0.4) is 0 Å². The third-order valence-corrected chi connectivity index (χ3v) is 3.74. The molecule has 3 rings (SSSR count). The fourth-order valence-electron chi connectivity index (χ4n) is 1.83. The van der Waals surface area contributed by atoms with Gasteiger partial charge in [0, 0.05) is 17.5 Å². The lowest BCUT2D eigenvalue weighted by molar-refractivity contribution is 0.777. The van der Waals surface area contributed by atoms with E-state index in [1.165, 1.54) is 0 Å². The van der Waals surface area contributed by atoms with Crippen molar-refractivity contribution in [1.82, 2.24) is 20.0 Å². The molecule has 0 saturated carbocycles. The summed E-state index contributed by atoms with van der Waals surface area (Å²) < 4.78 is 1.74. The van der Waals surface area contributed by atoms with Gasteiger partial charge in [-0.15, -0.1) is 16.4 Å². The molecule has 96 valence electrons. The van der Waals surface area contributed by atoms with Gasteiger partial charge < -0.3 is 5.73 Å². The predicted molar refractivity (Wildman–Crippen MR) is 75.1 cm³/mol. The van der Waals surface area contributed by atoms with E-state index >= 15 is 0 Å². The largest absolute Gasteiger partial charge is 0.325 e. The summed E-state index contributed by atoms with van der Waals surface area (Å²) in [4.78, 5) is 4.60. The molecule has 2 N–H and O–H groups in total. The average molecular weight is 271 g/mol. The van der Waals surface area contributed by atoms with Gasteiger partial charge in [0.15, 0.2) is 0 Å².